The molecule has 4 nitrogen and oxygen atoms in total. The smallest absolute Gasteiger partial charge is 0.143 e. The average molecular weight is 352 g/mol. The maximum absolute atomic E-state index is 12.4. The molecule has 2 heterocycles. The number of halogens is 1. The second-order valence-electron chi connectivity index (χ2n) is 5.92. The van der Waals surface area contributed by atoms with E-state index in [4.69, 9.17) is 11.6 Å². The number of aromatic nitrogens is 3. The van der Waals surface area contributed by atoms with Crippen LogP contribution in [0.15, 0.2) is 55.1 Å². The molecule has 1 unspecified atom stereocenters. The van der Waals surface area contributed by atoms with Crippen molar-refractivity contribution >= 4 is 17.4 Å². The minimum Gasteiger partial charge on any atom is -0.299 e. The summed E-state index contributed by atoms with van der Waals surface area (Å²) >= 11 is 6.32. The Morgan fingerprint density at radius 1 is 1.12 bits per heavy atom. The normalized spacial score (nSPS) is 12.0. The Kier molecular flexibility index (Phi) is 5.19. The summed E-state index contributed by atoms with van der Waals surface area (Å²) in [6.45, 7) is 3.52. The standard InChI is InChI=1S/C20H18ClN3O/c1-13-17(11-16-5-3-4-6-18(16)21)20(24-12-23-13)19(14(2)25)15-7-9-22-10-8-15/h3-10,12,19H,11H2,1-2H3. The van der Waals surface area contributed by atoms with E-state index in [2.05, 4.69) is 15.0 Å². The zero-order valence-corrected chi connectivity index (χ0v) is 14.9. The molecule has 0 aliphatic heterocycles. The quantitative estimate of drug-likeness (QED) is 0.693. The Bertz CT molecular complexity index is 896. The lowest BCUT2D eigenvalue weighted by Crippen LogP contribution is -2.16. The summed E-state index contributed by atoms with van der Waals surface area (Å²) in [6.07, 6.45) is 5.47. The Morgan fingerprint density at radius 2 is 1.84 bits per heavy atom. The number of hydrogen-bond acceptors (Lipinski definition) is 4. The number of Topliss-reactive ketones (excluding diaryl/α,β-unsaturated/α-hetero) is 1. The summed E-state index contributed by atoms with van der Waals surface area (Å²) in [5.41, 5.74) is 4.38. The Labute approximate surface area is 151 Å². The van der Waals surface area contributed by atoms with Crippen LogP contribution in [0.25, 0.3) is 0 Å². The number of rotatable bonds is 5. The second kappa shape index (κ2) is 7.53. The molecule has 0 bridgehead atoms. The number of benzene rings is 1. The van der Waals surface area contributed by atoms with Gasteiger partial charge in [-0.1, -0.05) is 29.8 Å². The van der Waals surface area contributed by atoms with Gasteiger partial charge in [0.15, 0.2) is 0 Å². The van der Waals surface area contributed by atoms with Crippen molar-refractivity contribution in [1.29, 1.82) is 0 Å². The van der Waals surface area contributed by atoms with Gasteiger partial charge in [0.2, 0.25) is 0 Å². The molecule has 0 amide bonds. The van der Waals surface area contributed by atoms with Crippen molar-refractivity contribution in [3.8, 4) is 0 Å². The first-order valence-electron chi connectivity index (χ1n) is 8.02. The summed E-state index contributed by atoms with van der Waals surface area (Å²) < 4.78 is 0. The number of carbonyl (C=O) groups excluding carboxylic acids is 1. The molecule has 5 heteroatoms. The van der Waals surface area contributed by atoms with E-state index < -0.39 is 5.92 Å². The van der Waals surface area contributed by atoms with E-state index in [-0.39, 0.29) is 5.78 Å². The third kappa shape index (κ3) is 3.74. The topological polar surface area (TPSA) is 55.7 Å². The van der Waals surface area contributed by atoms with Gasteiger partial charge in [-0.15, -0.1) is 0 Å². The molecule has 0 aliphatic rings. The van der Waals surface area contributed by atoms with E-state index >= 15 is 0 Å². The molecule has 25 heavy (non-hydrogen) atoms. The zero-order chi connectivity index (χ0) is 17.8. The molecule has 0 saturated heterocycles. The van der Waals surface area contributed by atoms with Gasteiger partial charge in [-0.25, -0.2) is 9.97 Å². The third-order valence-electron chi connectivity index (χ3n) is 4.24. The van der Waals surface area contributed by atoms with Crippen LogP contribution < -0.4 is 0 Å². The van der Waals surface area contributed by atoms with E-state index in [1.807, 2.05) is 43.3 Å². The van der Waals surface area contributed by atoms with Crippen LogP contribution in [0.1, 0.15) is 40.9 Å². The van der Waals surface area contributed by atoms with Crippen LogP contribution in [0, 0.1) is 6.92 Å². The first-order valence-corrected chi connectivity index (χ1v) is 8.40. The number of nitrogens with zero attached hydrogens (tertiary/aromatic N) is 3. The van der Waals surface area contributed by atoms with Crippen molar-refractivity contribution in [3.05, 3.63) is 88.2 Å². The first-order chi connectivity index (χ1) is 12.1. The molecule has 0 fully saturated rings. The molecule has 0 N–H and O–H groups in total. The SMILES string of the molecule is CC(=O)C(c1ccncc1)c1ncnc(C)c1Cc1ccccc1Cl. The number of hydrogen-bond donors (Lipinski definition) is 0. The lowest BCUT2D eigenvalue weighted by molar-refractivity contribution is -0.117. The van der Waals surface area contributed by atoms with Gasteiger partial charge in [0.25, 0.3) is 0 Å². The van der Waals surface area contributed by atoms with Gasteiger partial charge in [0.05, 0.1) is 11.6 Å². The van der Waals surface area contributed by atoms with Gasteiger partial charge in [0.1, 0.15) is 12.1 Å². The van der Waals surface area contributed by atoms with Gasteiger partial charge >= 0.3 is 0 Å². The lowest BCUT2D eigenvalue weighted by atomic mass is 9.87. The van der Waals surface area contributed by atoms with Gasteiger partial charge < -0.3 is 0 Å². The fraction of sp³-hybridized carbons (Fsp3) is 0.200. The van der Waals surface area contributed by atoms with Crippen molar-refractivity contribution in [2.24, 2.45) is 0 Å². The number of aryl methyl sites for hydroxylation is 1. The highest BCUT2D eigenvalue weighted by Gasteiger charge is 2.25. The maximum atomic E-state index is 12.4. The molecular weight excluding hydrogens is 334 g/mol. The fourth-order valence-electron chi connectivity index (χ4n) is 2.96. The average Bonchev–Trinajstić information content (AvgIpc) is 2.60. The maximum Gasteiger partial charge on any atom is 0.143 e. The zero-order valence-electron chi connectivity index (χ0n) is 14.1. The van der Waals surface area contributed by atoms with Gasteiger partial charge in [-0.3, -0.25) is 9.78 Å². The van der Waals surface area contributed by atoms with Gasteiger partial charge in [-0.05, 0) is 43.2 Å². The van der Waals surface area contributed by atoms with E-state index in [0.717, 1.165) is 28.1 Å². The van der Waals surface area contributed by atoms with Gasteiger partial charge in [-0.2, -0.15) is 0 Å². The molecular formula is C20H18ClN3O. The molecule has 0 aliphatic carbocycles. The number of pyridine rings is 1. The molecule has 1 atom stereocenters. The monoisotopic (exact) mass is 351 g/mol. The van der Waals surface area contributed by atoms with E-state index in [1.165, 1.54) is 6.33 Å². The molecule has 0 saturated carbocycles. The number of carbonyl (C=O) groups is 1. The third-order valence-corrected chi connectivity index (χ3v) is 4.61. The molecule has 1 aromatic carbocycles. The van der Waals surface area contributed by atoms with Crippen LogP contribution in [-0.2, 0) is 11.2 Å². The predicted octanol–water partition coefficient (Wildman–Crippen LogP) is 4.15. The summed E-state index contributed by atoms with van der Waals surface area (Å²) in [6, 6.07) is 11.4. The first kappa shape index (κ1) is 17.2. The van der Waals surface area contributed by atoms with Crippen LogP contribution >= 0.6 is 11.6 Å². The van der Waals surface area contributed by atoms with Gasteiger partial charge in [0, 0.05) is 35.1 Å². The Hall–Kier alpha value is -2.59. The molecule has 126 valence electrons. The summed E-state index contributed by atoms with van der Waals surface area (Å²) in [5.74, 6) is -0.410. The van der Waals surface area contributed by atoms with E-state index in [0.29, 0.717) is 11.4 Å². The van der Waals surface area contributed by atoms with E-state index in [1.54, 1.807) is 19.3 Å². The minimum atomic E-state index is -0.442. The Morgan fingerprint density at radius 3 is 2.52 bits per heavy atom. The van der Waals surface area contributed by atoms with Crippen molar-refractivity contribution in [1.82, 2.24) is 15.0 Å². The van der Waals surface area contributed by atoms with Crippen molar-refractivity contribution in [2.75, 3.05) is 0 Å². The lowest BCUT2D eigenvalue weighted by Gasteiger charge is -2.19. The molecule has 0 spiro atoms. The molecule has 3 rings (SSSR count). The highest BCUT2D eigenvalue weighted by Crippen LogP contribution is 2.30. The summed E-state index contributed by atoms with van der Waals surface area (Å²) in [5, 5.41) is 0.694. The predicted molar refractivity (Wildman–Crippen MR) is 97.8 cm³/mol. The van der Waals surface area contributed by atoms with Crippen LogP contribution in [0.5, 0.6) is 0 Å². The van der Waals surface area contributed by atoms with Crippen LogP contribution in [-0.4, -0.2) is 20.7 Å². The molecule has 3 aromatic rings. The van der Waals surface area contributed by atoms with Crippen LogP contribution in [0.3, 0.4) is 0 Å². The highest BCUT2D eigenvalue weighted by atomic mass is 35.5. The summed E-state index contributed by atoms with van der Waals surface area (Å²) in [7, 11) is 0. The second-order valence-corrected chi connectivity index (χ2v) is 6.32. The van der Waals surface area contributed by atoms with Crippen LogP contribution in [0.4, 0.5) is 0 Å². The Balaban J connectivity index is 2.11. The minimum absolute atomic E-state index is 0.0321. The molecule has 2 aromatic heterocycles. The summed E-state index contributed by atoms with van der Waals surface area (Å²) in [4.78, 5) is 25.3. The number of ketones is 1. The van der Waals surface area contributed by atoms with Crippen LogP contribution in [0.2, 0.25) is 5.02 Å². The van der Waals surface area contributed by atoms with Crippen molar-refractivity contribution in [2.45, 2.75) is 26.2 Å². The molecule has 0 radical (unpaired) electrons. The van der Waals surface area contributed by atoms with Crippen molar-refractivity contribution < 1.29 is 4.79 Å². The van der Waals surface area contributed by atoms with Crippen molar-refractivity contribution in [3.63, 3.8) is 0 Å². The fourth-order valence-corrected chi connectivity index (χ4v) is 3.16. The highest BCUT2D eigenvalue weighted by molar-refractivity contribution is 6.31. The largest absolute Gasteiger partial charge is 0.299 e. The van der Waals surface area contributed by atoms with E-state index in [9.17, 15) is 4.79 Å².